The molecular weight excluding hydrogens is 542 g/mol. The highest BCUT2D eigenvalue weighted by molar-refractivity contribution is 6.31. The second-order valence-electron chi connectivity index (χ2n) is 9.01. The van der Waals surface area contributed by atoms with Gasteiger partial charge in [-0.05, 0) is 44.7 Å². The van der Waals surface area contributed by atoms with Crippen LogP contribution in [0.2, 0.25) is 5.02 Å². The second-order valence-corrected chi connectivity index (χ2v) is 9.42. The summed E-state index contributed by atoms with van der Waals surface area (Å²) in [5.41, 5.74) is 1.25. The molecule has 13 heteroatoms. The number of pyridine rings is 1. The lowest BCUT2D eigenvalue weighted by Gasteiger charge is -2.21. The zero-order chi connectivity index (χ0) is 28.8. The van der Waals surface area contributed by atoms with Crippen LogP contribution in [0, 0.1) is 0 Å². The fourth-order valence-corrected chi connectivity index (χ4v) is 4.83. The molecule has 0 radical (unpaired) electrons. The number of urea groups is 1. The quantitative estimate of drug-likeness (QED) is 0.268. The third kappa shape index (κ3) is 6.28. The molecule has 2 heterocycles. The summed E-state index contributed by atoms with van der Waals surface area (Å²) in [5.74, 6) is -1.46. The van der Waals surface area contributed by atoms with Crippen LogP contribution in [0.1, 0.15) is 55.1 Å². The van der Waals surface area contributed by atoms with Crippen molar-refractivity contribution < 1.29 is 29.3 Å². The van der Waals surface area contributed by atoms with Crippen LogP contribution in [-0.2, 0) is 24.2 Å². The average molecular weight is 572 g/mol. The molecule has 212 valence electrons. The monoisotopic (exact) mass is 571 g/mol. The highest BCUT2D eigenvalue weighted by Crippen LogP contribution is 2.34. The Balaban J connectivity index is 1.66. The summed E-state index contributed by atoms with van der Waals surface area (Å²) in [6.45, 7) is 4.16. The normalized spacial score (nSPS) is 12.9. The standard InChI is InChI=1S/C27H30ClN5O7/c1-3-39-24-17(13-29-27(32-24)40-4-2)19(12-21(34)35)30-26(38)31-22-23(36)16-9-7-11-20(16)33(25(22)37)14-15-8-5-6-10-18(15)28/h5-6,8,10,13,19,36H,3-4,7,9,11-12,14H2,1-2H3,(H,34,35)(H2,30,31,38)/t19-/m0/s1. The topological polar surface area (TPSA) is 165 Å². The number of nitrogens with zero attached hydrogens (tertiary/aromatic N) is 3. The summed E-state index contributed by atoms with van der Waals surface area (Å²) in [5, 5.41) is 25.9. The Labute approximate surface area is 234 Å². The molecule has 1 aromatic carbocycles. The maximum atomic E-state index is 13.5. The van der Waals surface area contributed by atoms with Gasteiger partial charge in [0.1, 0.15) is 5.75 Å². The lowest BCUT2D eigenvalue weighted by molar-refractivity contribution is -0.137. The number of carboxylic acid groups (broad SMARTS) is 1. The van der Waals surface area contributed by atoms with Crippen molar-refractivity contribution in [3.8, 4) is 17.6 Å². The first kappa shape index (κ1) is 28.7. The molecule has 0 bridgehead atoms. The van der Waals surface area contributed by atoms with E-state index in [9.17, 15) is 24.6 Å². The minimum Gasteiger partial charge on any atom is -0.505 e. The van der Waals surface area contributed by atoms with Gasteiger partial charge in [0.25, 0.3) is 5.56 Å². The van der Waals surface area contributed by atoms with Gasteiger partial charge in [-0.15, -0.1) is 0 Å². The number of rotatable bonds is 11. The summed E-state index contributed by atoms with van der Waals surface area (Å²) in [7, 11) is 0. The molecule has 0 saturated heterocycles. The van der Waals surface area contributed by atoms with Crippen LogP contribution < -0.4 is 25.7 Å². The number of halogens is 1. The van der Waals surface area contributed by atoms with Crippen LogP contribution in [0.3, 0.4) is 0 Å². The van der Waals surface area contributed by atoms with Gasteiger partial charge in [-0.2, -0.15) is 4.98 Å². The molecule has 12 nitrogen and oxygen atoms in total. The van der Waals surface area contributed by atoms with Crippen molar-refractivity contribution in [3.63, 3.8) is 0 Å². The van der Waals surface area contributed by atoms with E-state index in [0.717, 1.165) is 6.42 Å². The van der Waals surface area contributed by atoms with Crippen LogP contribution in [0.15, 0.2) is 35.3 Å². The Bertz CT molecular complexity index is 1480. The van der Waals surface area contributed by atoms with Crippen molar-refractivity contribution in [1.82, 2.24) is 19.9 Å². The first-order valence-corrected chi connectivity index (χ1v) is 13.2. The number of aromatic hydroxyl groups is 1. The zero-order valence-electron chi connectivity index (χ0n) is 22.1. The van der Waals surface area contributed by atoms with Gasteiger partial charge < -0.3 is 34.9 Å². The number of hydrogen-bond acceptors (Lipinski definition) is 8. The molecule has 2 amide bonds. The van der Waals surface area contributed by atoms with Gasteiger partial charge in [0.05, 0.1) is 37.8 Å². The molecule has 1 atom stereocenters. The number of amides is 2. The van der Waals surface area contributed by atoms with Crippen molar-refractivity contribution >= 4 is 29.3 Å². The first-order valence-electron chi connectivity index (χ1n) is 12.9. The number of carbonyl (C=O) groups excluding carboxylic acids is 1. The average Bonchev–Trinajstić information content (AvgIpc) is 3.40. The van der Waals surface area contributed by atoms with E-state index in [1.165, 1.54) is 10.8 Å². The number of anilines is 1. The van der Waals surface area contributed by atoms with E-state index in [4.69, 9.17) is 21.1 Å². The lowest BCUT2D eigenvalue weighted by Crippen LogP contribution is -2.37. The molecule has 1 aliphatic carbocycles. The number of carboxylic acids is 1. The van der Waals surface area contributed by atoms with E-state index in [0.29, 0.717) is 41.3 Å². The number of benzene rings is 1. The van der Waals surface area contributed by atoms with E-state index < -0.39 is 30.0 Å². The maximum absolute atomic E-state index is 13.5. The number of nitrogens with one attached hydrogen (secondary N) is 2. The number of carbonyl (C=O) groups is 2. The summed E-state index contributed by atoms with van der Waals surface area (Å²) in [6, 6.07) is 5.12. The number of fused-ring (bicyclic) bond motifs is 1. The molecule has 1 aliphatic rings. The molecule has 4 rings (SSSR count). The van der Waals surface area contributed by atoms with Gasteiger partial charge in [0.15, 0.2) is 5.69 Å². The van der Waals surface area contributed by atoms with E-state index in [1.807, 2.05) is 6.07 Å². The largest absolute Gasteiger partial charge is 0.505 e. The molecule has 40 heavy (non-hydrogen) atoms. The molecule has 0 unspecified atom stereocenters. The number of aliphatic carboxylic acids is 1. The first-order chi connectivity index (χ1) is 19.2. The van der Waals surface area contributed by atoms with Crippen molar-refractivity contribution in [2.75, 3.05) is 18.5 Å². The molecule has 4 N–H and O–H groups in total. The molecule has 2 aromatic heterocycles. The van der Waals surface area contributed by atoms with Crippen LogP contribution in [-0.4, -0.2) is 50.0 Å². The van der Waals surface area contributed by atoms with Crippen LogP contribution >= 0.6 is 11.6 Å². The Morgan fingerprint density at radius 3 is 2.62 bits per heavy atom. The van der Waals surface area contributed by atoms with E-state index in [2.05, 4.69) is 20.6 Å². The minimum absolute atomic E-state index is 0.0374. The number of hydrogen-bond donors (Lipinski definition) is 4. The Morgan fingerprint density at radius 1 is 1.18 bits per heavy atom. The van der Waals surface area contributed by atoms with E-state index >= 15 is 0 Å². The Hall–Kier alpha value is -4.32. The van der Waals surface area contributed by atoms with Crippen LogP contribution in [0.5, 0.6) is 17.6 Å². The fraction of sp³-hybridized carbons (Fsp3) is 0.370. The second kappa shape index (κ2) is 12.7. The lowest BCUT2D eigenvalue weighted by atomic mass is 10.1. The van der Waals surface area contributed by atoms with E-state index in [1.54, 1.807) is 32.0 Å². The van der Waals surface area contributed by atoms with E-state index in [-0.39, 0.29) is 42.0 Å². The van der Waals surface area contributed by atoms with Crippen molar-refractivity contribution in [1.29, 1.82) is 0 Å². The van der Waals surface area contributed by atoms with Gasteiger partial charge in [-0.25, -0.2) is 9.78 Å². The Morgan fingerprint density at radius 2 is 1.93 bits per heavy atom. The smallest absolute Gasteiger partial charge is 0.319 e. The van der Waals surface area contributed by atoms with Crippen molar-refractivity contribution in [3.05, 3.63) is 68.2 Å². The molecule has 3 aromatic rings. The zero-order valence-corrected chi connectivity index (χ0v) is 22.8. The number of aromatic nitrogens is 3. The predicted molar refractivity (Wildman–Crippen MR) is 146 cm³/mol. The minimum atomic E-state index is -1.20. The SMILES string of the molecule is CCOc1ncc([C@H](CC(=O)O)NC(=O)Nc2c(O)c3c(n(Cc4ccccc4Cl)c2=O)CCC3)c(OCC)n1. The summed E-state index contributed by atoms with van der Waals surface area (Å²) < 4.78 is 12.4. The number of ether oxygens (including phenoxy) is 2. The van der Waals surface area contributed by atoms with Crippen LogP contribution in [0.25, 0.3) is 0 Å². The molecule has 0 spiro atoms. The summed E-state index contributed by atoms with van der Waals surface area (Å²) in [6.07, 6.45) is 2.65. The predicted octanol–water partition coefficient (Wildman–Crippen LogP) is 3.67. The van der Waals surface area contributed by atoms with Gasteiger partial charge >= 0.3 is 18.0 Å². The summed E-state index contributed by atoms with van der Waals surface area (Å²) >= 11 is 6.33. The highest BCUT2D eigenvalue weighted by Gasteiger charge is 2.28. The maximum Gasteiger partial charge on any atom is 0.319 e. The van der Waals surface area contributed by atoms with Crippen molar-refractivity contribution in [2.24, 2.45) is 0 Å². The molecular formula is C27H30ClN5O7. The third-order valence-corrected chi connectivity index (χ3v) is 6.76. The van der Waals surface area contributed by atoms with Gasteiger partial charge in [-0.3, -0.25) is 9.59 Å². The van der Waals surface area contributed by atoms with Crippen molar-refractivity contribution in [2.45, 2.75) is 52.1 Å². The van der Waals surface area contributed by atoms with Crippen LogP contribution in [0.4, 0.5) is 10.5 Å². The van der Waals surface area contributed by atoms with Gasteiger partial charge in [0, 0.05) is 22.5 Å². The third-order valence-electron chi connectivity index (χ3n) is 6.39. The fourth-order valence-electron chi connectivity index (χ4n) is 4.64. The Kier molecular flexibility index (Phi) is 9.10. The molecule has 0 aliphatic heterocycles. The summed E-state index contributed by atoms with van der Waals surface area (Å²) in [4.78, 5) is 46.6. The molecule has 0 fully saturated rings. The van der Waals surface area contributed by atoms with Gasteiger partial charge in [0.2, 0.25) is 5.88 Å². The highest BCUT2D eigenvalue weighted by atomic mass is 35.5. The molecule has 0 saturated carbocycles. The van der Waals surface area contributed by atoms with Gasteiger partial charge in [-0.1, -0.05) is 29.8 Å².